The Hall–Kier alpha value is -1.06. The third kappa shape index (κ3) is 3.20. The molecule has 0 spiro atoms. The lowest BCUT2D eigenvalue weighted by Crippen LogP contribution is -2.02. The monoisotopic (exact) mass is 293 g/mol. The number of fused-ring (bicyclic) bond motifs is 1. The Morgan fingerprint density at radius 2 is 1.94 bits per heavy atom. The summed E-state index contributed by atoms with van der Waals surface area (Å²) < 4.78 is 1.08. The van der Waals surface area contributed by atoms with Crippen LogP contribution in [0.15, 0.2) is 40.9 Å². The highest BCUT2D eigenvalue weighted by Gasteiger charge is 2.01. The van der Waals surface area contributed by atoms with Gasteiger partial charge in [0.25, 0.3) is 0 Å². The molecule has 0 saturated carbocycles. The van der Waals surface area contributed by atoms with Crippen molar-refractivity contribution in [2.45, 2.75) is 12.8 Å². The van der Waals surface area contributed by atoms with Crippen LogP contribution in [0, 0.1) is 0 Å². The van der Waals surface area contributed by atoms with E-state index in [1.54, 1.807) is 0 Å². The van der Waals surface area contributed by atoms with Gasteiger partial charge < -0.3 is 10.4 Å². The predicted molar refractivity (Wildman–Crippen MR) is 76.5 cm³/mol. The third-order valence-electron chi connectivity index (χ3n) is 2.73. The molecule has 2 rings (SSSR count). The summed E-state index contributed by atoms with van der Waals surface area (Å²) in [6.07, 6.45) is 1.83. The molecular weight excluding hydrogens is 278 g/mol. The maximum atomic E-state index is 8.74. The van der Waals surface area contributed by atoms with E-state index in [1.807, 2.05) is 6.07 Å². The summed E-state index contributed by atoms with van der Waals surface area (Å²) in [6.45, 7) is 1.15. The fourth-order valence-electron chi connectivity index (χ4n) is 1.88. The summed E-state index contributed by atoms with van der Waals surface area (Å²) in [5, 5.41) is 14.6. The normalized spacial score (nSPS) is 10.7. The van der Waals surface area contributed by atoms with Crippen molar-refractivity contribution in [1.82, 2.24) is 0 Å². The van der Waals surface area contributed by atoms with E-state index >= 15 is 0 Å². The zero-order chi connectivity index (χ0) is 12.1. The number of halogens is 1. The molecule has 0 unspecified atom stereocenters. The van der Waals surface area contributed by atoms with E-state index in [1.165, 1.54) is 10.8 Å². The van der Waals surface area contributed by atoms with Crippen molar-refractivity contribution < 1.29 is 5.11 Å². The highest BCUT2D eigenvalue weighted by atomic mass is 79.9. The van der Waals surface area contributed by atoms with E-state index in [0.717, 1.165) is 29.5 Å². The second kappa shape index (κ2) is 6.03. The lowest BCUT2D eigenvalue weighted by molar-refractivity contribution is 0.286. The first-order valence-electron chi connectivity index (χ1n) is 5.84. The fraction of sp³-hybridized carbons (Fsp3) is 0.286. The standard InChI is InChI=1S/C14H16BrNO/c15-12-9-11-5-1-2-6-13(11)14(10-12)16-7-3-4-8-17/h1-2,5-6,9-10,16-17H,3-4,7-8H2. The molecule has 0 fully saturated rings. The summed E-state index contributed by atoms with van der Waals surface area (Å²) in [6, 6.07) is 12.5. The highest BCUT2D eigenvalue weighted by Crippen LogP contribution is 2.28. The minimum atomic E-state index is 0.265. The Labute approximate surface area is 110 Å². The number of benzene rings is 2. The predicted octanol–water partition coefficient (Wildman–Crippen LogP) is 3.79. The van der Waals surface area contributed by atoms with Gasteiger partial charge in [0.2, 0.25) is 0 Å². The molecule has 2 aromatic carbocycles. The second-order valence-electron chi connectivity index (χ2n) is 4.03. The van der Waals surface area contributed by atoms with E-state index in [0.29, 0.717) is 0 Å². The summed E-state index contributed by atoms with van der Waals surface area (Å²) in [4.78, 5) is 0. The van der Waals surface area contributed by atoms with Crippen LogP contribution < -0.4 is 5.32 Å². The summed E-state index contributed by atoms with van der Waals surface area (Å²) in [5.41, 5.74) is 1.15. The molecule has 0 amide bonds. The minimum absolute atomic E-state index is 0.265. The van der Waals surface area contributed by atoms with Gasteiger partial charge in [0.1, 0.15) is 0 Å². The van der Waals surface area contributed by atoms with E-state index in [9.17, 15) is 0 Å². The second-order valence-corrected chi connectivity index (χ2v) is 4.95. The molecule has 0 heterocycles. The van der Waals surface area contributed by atoms with Crippen LogP contribution in [0.1, 0.15) is 12.8 Å². The molecule has 0 aliphatic heterocycles. The van der Waals surface area contributed by atoms with E-state index < -0.39 is 0 Å². The average Bonchev–Trinajstić information content (AvgIpc) is 2.34. The van der Waals surface area contributed by atoms with Crippen LogP contribution in [-0.4, -0.2) is 18.3 Å². The molecule has 3 heteroatoms. The molecule has 90 valence electrons. The van der Waals surface area contributed by atoms with Crippen LogP contribution in [0.5, 0.6) is 0 Å². The third-order valence-corrected chi connectivity index (χ3v) is 3.18. The molecular formula is C14H16BrNO. The van der Waals surface area contributed by atoms with Gasteiger partial charge in [0.05, 0.1) is 0 Å². The first-order valence-corrected chi connectivity index (χ1v) is 6.63. The van der Waals surface area contributed by atoms with Crippen LogP contribution >= 0.6 is 15.9 Å². The Morgan fingerprint density at radius 1 is 1.12 bits per heavy atom. The molecule has 0 atom stereocenters. The van der Waals surface area contributed by atoms with Crippen molar-refractivity contribution in [3.05, 3.63) is 40.9 Å². The largest absolute Gasteiger partial charge is 0.396 e. The zero-order valence-electron chi connectivity index (χ0n) is 9.62. The molecule has 0 radical (unpaired) electrons. The Balaban J connectivity index is 2.20. The van der Waals surface area contributed by atoms with Crippen molar-refractivity contribution in [2.75, 3.05) is 18.5 Å². The quantitative estimate of drug-likeness (QED) is 0.822. The van der Waals surface area contributed by atoms with Gasteiger partial charge in [-0.15, -0.1) is 0 Å². The molecule has 0 bridgehead atoms. The average molecular weight is 294 g/mol. The topological polar surface area (TPSA) is 32.3 Å². The van der Waals surface area contributed by atoms with Gasteiger partial charge in [-0.05, 0) is 30.4 Å². The van der Waals surface area contributed by atoms with Crippen molar-refractivity contribution >= 4 is 32.4 Å². The molecule has 2 N–H and O–H groups in total. The molecule has 2 nitrogen and oxygen atoms in total. The summed E-state index contributed by atoms with van der Waals surface area (Å²) >= 11 is 3.53. The van der Waals surface area contributed by atoms with Crippen LogP contribution in [0.25, 0.3) is 10.8 Å². The minimum Gasteiger partial charge on any atom is -0.396 e. The van der Waals surface area contributed by atoms with Crippen molar-refractivity contribution in [1.29, 1.82) is 0 Å². The maximum absolute atomic E-state index is 8.74. The lowest BCUT2D eigenvalue weighted by atomic mass is 10.1. The molecule has 0 saturated heterocycles. The molecule has 0 aliphatic rings. The highest BCUT2D eigenvalue weighted by molar-refractivity contribution is 9.10. The number of nitrogens with one attached hydrogen (secondary N) is 1. The summed E-state index contributed by atoms with van der Waals surface area (Å²) in [5.74, 6) is 0. The van der Waals surface area contributed by atoms with Crippen molar-refractivity contribution in [3.63, 3.8) is 0 Å². The smallest absolute Gasteiger partial charge is 0.0431 e. The van der Waals surface area contributed by atoms with Gasteiger partial charge in [0, 0.05) is 28.7 Å². The van der Waals surface area contributed by atoms with Gasteiger partial charge in [0.15, 0.2) is 0 Å². The number of unbranched alkanes of at least 4 members (excludes halogenated alkanes) is 1. The van der Waals surface area contributed by atoms with Crippen LogP contribution in [0.2, 0.25) is 0 Å². The molecule has 0 aliphatic carbocycles. The SMILES string of the molecule is OCCCCNc1cc(Br)cc2ccccc12. The van der Waals surface area contributed by atoms with E-state index in [-0.39, 0.29) is 6.61 Å². The number of anilines is 1. The van der Waals surface area contributed by atoms with Crippen LogP contribution in [0.4, 0.5) is 5.69 Å². The van der Waals surface area contributed by atoms with Gasteiger partial charge in [-0.3, -0.25) is 0 Å². The Morgan fingerprint density at radius 3 is 2.76 bits per heavy atom. The van der Waals surface area contributed by atoms with E-state index in [2.05, 4.69) is 51.6 Å². The number of aliphatic hydroxyl groups is 1. The molecule has 2 aromatic rings. The molecule has 17 heavy (non-hydrogen) atoms. The van der Waals surface area contributed by atoms with Crippen molar-refractivity contribution in [2.24, 2.45) is 0 Å². The van der Waals surface area contributed by atoms with Crippen molar-refractivity contribution in [3.8, 4) is 0 Å². The summed E-state index contributed by atoms with van der Waals surface area (Å²) in [7, 11) is 0. The molecule has 0 aromatic heterocycles. The zero-order valence-corrected chi connectivity index (χ0v) is 11.2. The first-order chi connectivity index (χ1) is 8.31. The number of hydrogen-bond donors (Lipinski definition) is 2. The van der Waals surface area contributed by atoms with E-state index in [4.69, 9.17) is 5.11 Å². The lowest BCUT2D eigenvalue weighted by Gasteiger charge is -2.10. The van der Waals surface area contributed by atoms with Crippen LogP contribution in [0.3, 0.4) is 0 Å². The number of aliphatic hydroxyl groups excluding tert-OH is 1. The van der Waals surface area contributed by atoms with Gasteiger partial charge in [-0.2, -0.15) is 0 Å². The maximum Gasteiger partial charge on any atom is 0.0431 e. The number of hydrogen-bond acceptors (Lipinski definition) is 2. The van der Waals surface area contributed by atoms with Gasteiger partial charge >= 0.3 is 0 Å². The van der Waals surface area contributed by atoms with Gasteiger partial charge in [-0.1, -0.05) is 40.2 Å². The fourth-order valence-corrected chi connectivity index (χ4v) is 2.36. The first kappa shape index (κ1) is 12.4. The van der Waals surface area contributed by atoms with Gasteiger partial charge in [-0.25, -0.2) is 0 Å². The Kier molecular flexibility index (Phi) is 4.40. The number of rotatable bonds is 5. The van der Waals surface area contributed by atoms with Crippen LogP contribution in [-0.2, 0) is 0 Å². The Bertz CT molecular complexity index is 499.